The van der Waals surface area contributed by atoms with Crippen molar-refractivity contribution in [1.82, 2.24) is 0 Å². The van der Waals surface area contributed by atoms with Crippen molar-refractivity contribution in [1.29, 1.82) is 0 Å². The summed E-state index contributed by atoms with van der Waals surface area (Å²) in [6.07, 6.45) is 10.3. The number of hydrogen-bond acceptors (Lipinski definition) is 3. The van der Waals surface area contributed by atoms with E-state index in [0.717, 1.165) is 37.0 Å². The zero-order chi connectivity index (χ0) is 12.8. The van der Waals surface area contributed by atoms with E-state index >= 15 is 0 Å². The van der Waals surface area contributed by atoms with E-state index in [0.29, 0.717) is 0 Å². The lowest BCUT2D eigenvalue weighted by atomic mass is 9.94. The van der Waals surface area contributed by atoms with E-state index in [4.69, 9.17) is 9.47 Å². The number of rotatable bonds is 2. The van der Waals surface area contributed by atoms with Crippen LogP contribution in [-0.2, 0) is 14.3 Å². The molecule has 2 unspecified atom stereocenters. The van der Waals surface area contributed by atoms with Crippen molar-refractivity contribution in [3.8, 4) is 0 Å². The molecule has 0 radical (unpaired) electrons. The summed E-state index contributed by atoms with van der Waals surface area (Å²) in [4.78, 5) is 11.3. The van der Waals surface area contributed by atoms with Crippen LogP contribution in [0.15, 0.2) is 35.1 Å². The van der Waals surface area contributed by atoms with Crippen molar-refractivity contribution in [3.63, 3.8) is 0 Å². The molecule has 2 heterocycles. The van der Waals surface area contributed by atoms with Crippen molar-refractivity contribution in [2.24, 2.45) is 0 Å². The van der Waals surface area contributed by atoms with Gasteiger partial charge in [0.2, 0.25) is 0 Å². The van der Waals surface area contributed by atoms with Crippen LogP contribution in [0.5, 0.6) is 0 Å². The van der Waals surface area contributed by atoms with E-state index in [1.165, 1.54) is 12.5 Å². The van der Waals surface area contributed by atoms with Crippen molar-refractivity contribution < 1.29 is 14.3 Å². The Morgan fingerprint density at radius 1 is 1.61 bits per heavy atom. The van der Waals surface area contributed by atoms with Gasteiger partial charge in [-0.3, -0.25) is 4.79 Å². The van der Waals surface area contributed by atoms with E-state index in [2.05, 4.69) is 19.1 Å². The van der Waals surface area contributed by atoms with E-state index < -0.39 is 0 Å². The van der Waals surface area contributed by atoms with Gasteiger partial charge < -0.3 is 9.47 Å². The van der Waals surface area contributed by atoms with Gasteiger partial charge in [0.15, 0.2) is 0 Å². The molecule has 1 saturated carbocycles. The third kappa shape index (κ3) is 1.65. The lowest BCUT2D eigenvalue weighted by Gasteiger charge is -2.25. The smallest absolute Gasteiger partial charge is 0.308 e. The normalized spacial score (nSPS) is 33.2. The Kier molecular flexibility index (Phi) is 2.67. The number of allylic oxidation sites excluding steroid dienone is 1. The van der Waals surface area contributed by atoms with Gasteiger partial charge in [-0.15, -0.1) is 0 Å². The fourth-order valence-electron chi connectivity index (χ4n) is 3.17. The summed E-state index contributed by atoms with van der Waals surface area (Å²) in [5, 5.41) is 0. The molecule has 3 nitrogen and oxygen atoms in total. The predicted molar refractivity (Wildman–Crippen MR) is 67.8 cm³/mol. The summed E-state index contributed by atoms with van der Waals surface area (Å²) in [5.74, 6) is 0.469. The number of carbonyl (C=O) groups is 1. The standard InChI is InChI=1S/C15H18O3/c1-3-11-9-14(17-10(2)16)12-5-4-7-15(12)8-6-13(11)18-15/h6,8-9,13H,3-5,7H2,1-2H3. The Hall–Kier alpha value is -1.35. The van der Waals surface area contributed by atoms with Crippen LogP contribution < -0.4 is 0 Å². The van der Waals surface area contributed by atoms with Crippen LogP contribution in [0.3, 0.4) is 0 Å². The third-order valence-corrected chi connectivity index (χ3v) is 4.00. The minimum atomic E-state index is -0.303. The van der Waals surface area contributed by atoms with E-state index in [1.807, 2.05) is 6.08 Å². The van der Waals surface area contributed by atoms with Gasteiger partial charge in [-0.2, -0.15) is 0 Å². The molecular formula is C15H18O3. The lowest BCUT2D eigenvalue weighted by Crippen LogP contribution is -2.28. The molecule has 18 heavy (non-hydrogen) atoms. The highest BCUT2D eigenvalue weighted by Gasteiger charge is 2.46. The molecule has 2 bridgehead atoms. The summed E-state index contributed by atoms with van der Waals surface area (Å²) >= 11 is 0. The fourth-order valence-corrected chi connectivity index (χ4v) is 3.17. The first-order chi connectivity index (χ1) is 8.64. The molecule has 0 amide bonds. The van der Waals surface area contributed by atoms with Crippen LogP contribution >= 0.6 is 0 Å². The number of ether oxygens (including phenoxy) is 2. The fraction of sp³-hybridized carbons (Fsp3) is 0.533. The zero-order valence-corrected chi connectivity index (χ0v) is 10.9. The number of fused-ring (bicyclic) bond motifs is 1. The second-order valence-electron chi connectivity index (χ2n) is 5.15. The maximum atomic E-state index is 11.3. The lowest BCUT2D eigenvalue weighted by molar-refractivity contribution is -0.136. The highest BCUT2D eigenvalue weighted by Crippen LogP contribution is 2.48. The van der Waals surface area contributed by atoms with Gasteiger partial charge in [-0.1, -0.05) is 13.0 Å². The zero-order valence-electron chi connectivity index (χ0n) is 10.9. The number of esters is 1. The van der Waals surface area contributed by atoms with Crippen molar-refractivity contribution >= 4 is 5.97 Å². The molecule has 1 fully saturated rings. The van der Waals surface area contributed by atoms with Gasteiger partial charge in [0.25, 0.3) is 0 Å². The summed E-state index contributed by atoms with van der Waals surface area (Å²) in [6.45, 7) is 3.56. The van der Waals surface area contributed by atoms with E-state index in [-0.39, 0.29) is 17.7 Å². The Morgan fingerprint density at radius 2 is 2.44 bits per heavy atom. The van der Waals surface area contributed by atoms with Gasteiger partial charge in [-0.25, -0.2) is 0 Å². The maximum Gasteiger partial charge on any atom is 0.308 e. The molecule has 1 aliphatic carbocycles. The summed E-state index contributed by atoms with van der Waals surface area (Å²) in [5.41, 5.74) is 2.02. The first-order valence-corrected chi connectivity index (χ1v) is 6.64. The third-order valence-electron chi connectivity index (χ3n) is 4.00. The highest BCUT2D eigenvalue weighted by atomic mass is 16.5. The topological polar surface area (TPSA) is 35.5 Å². The SMILES string of the molecule is CCC1=CC(OC(C)=O)=C2CCCC23C=CC1O3. The predicted octanol–water partition coefficient (Wildman–Crippen LogP) is 3.03. The molecule has 0 aromatic heterocycles. The van der Waals surface area contributed by atoms with Crippen molar-refractivity contribution in [2.75, 3.05) is 0 Å². The molecule has 3 aliphatic rings. The first-order valence-electron chi connectivity index (χ1n) is 6.64. The molecule has 3 rings (SSSR count). The van der Waals surface area contributed by atoms with Gasteiger partial charge in [0.05, 0.1) is 6.10 Å². The van der Waals surface area contributed by atoms with Gasteiger partial charge >= 0.3 is 5.97 Å². The minimum Gasteiger partial charge on any atom is -0.427 e. The summed E-state index contributed by atoms with van der Waals surface area (Å²) in [7, 11) is 0. The molecule has 2 atom stereocenters. The average molecular weight is 246 g/mol. The molecular weight excluding hydrogens is 228 g/mol. The van der Waals surface area contributed by atoms with Crippen LogP contribution in [0.4, 0.5) is 0 Å². The number of hydrogen-bond donors (Lipinski definition) is 0. The largest absolute Gasteiger partial charge is 0.427 e. The van der Waals surface area contributed by atoms with Crippen molar-refractivity contribution in [3.05, 3.63) is 35.1 Å². The average Bonchev–Trinajstić information content (AvgIpc) is 2.89. The van der Waals surface area contributed by atoms with Crippen LogP contribution in [0.2, 0.25) is 0 Å². The Bertz CT molecular complexity index is 484. The minimum absolute atomic E-state index is 0.0520. The molecule has 0 saturated heterocycles. The van der Waals surface area contributed by atoms with E-state index in [9.17, 15) is 4.79 Å². The molecule has 0 aromatic carbocycles. The Morgan fingerprint density at radius 3 is 3.17 bits per heavy atom. The van der Waals surface area contributed by atoms with Gasteiger partial charge in [-0.05, 0) is 43.4 Å². The monoisotopic (exact) mass is 246 g/mol. The molecule has 96 valence electrons. The number of carbonyl (C=O) groups excluding carboxylic acids is 1. The summed E-state index contributed by atoms with van der Waals surface area (Å²) < 4.78 is 11.6. The van der Waals surface area contributed by atoms with Crippen LogP contribution in [0, 0.1) is 0 Å². The van der Waals surface area contributed by atoms with Gasteiger partial charge in [0.1, 0.15) is 11.4 Å². The Balaban J connectivity index is 2.10. The van der Waals surface area contributed by atoms with Crippen molar-refractivity contribution in [2.45, 2.75) is 51.2 Å². The molecule has 2 aliphatic heterocycles. The second-order valence-corrected chi connectivity index (χ2v) is 5.15. The van der Waals surface area contributed by atoms with Crippen LogP contribution in [0.1, 0.15) is 39.5 Å². The molecule has 0 N–H and O–H groups in total. The Labute approximate surface area is 107 Å². The molecule has 3 heteroatoms. The van der Waals surface area contributed by atoms with E-state index in [1.54, 1.807) is 0 Å². The maximum absolute atomic E-state index is 11.3. The first kappa shape index (κ1) is 11.7. The van der Waals surface area contributed by atoms with Crippen LogP contribution in [-0.4, -0.2) is 17.7 Å². The molecule has 0 aromatic rings. The van der Waals surface area contributed by atoms with Gasteiger partial charge in [0, 0.05) is 12.5 Å². The highest BCUT2D eigenvalue weighted by molar-refractivity contribution is 5.68. The summed E-state index contributed by atoms with van der Waals surface area (Å²) in [6, 6.07) is 0. The quantitative estimate of drug-likeness (QED) is 0.555. The van der Waals surface area contributed by atoms with Crippen LogP contribution in [0.25, 0.3) is 0 Å². The molecule has 1 spiro atoms. The second kappa shape index (κ2) is 4.09.